The smallest absolute Gasteiger partial charge is 0.234 e. The average molecular weight is 378 g/mol. The third-order valence-corrected chi connectivity index (χ3v) is 5.12. The van der Waals surface area contributed by atoms with Crippen LogP contribution >= 0.6 is 0 Å². The molecule has 5 nitrogen and oxygen atoms in total. The number of carbonyl (C=O) groups excluding carboxylic acids is 1. The quantitative estimate of drug-likeness (QED) is 0.718. The highest BCUT2D eigenvalue weighted by atomic mass is 16.5. The predicted molar refractivity (Wildman–Crippen MR) is 109 cm³/mol. The molecular weight excluding hydrogens is 352 g/mol. The van der Waals surface area contributed by atoms with Gasteiger partial charge in [0.25, 0.3) is 0 Å². The van der Waals surface area contributed by atoms with Gasteiger partial charge in [-0.1, -0.05) is 36.3 Å². The Morgan fingerprint density at radius 1 is 1.21 bits per heavy atom. The zero-order valence-electron chi connectivity index (χ0n) is 16.4. The van der Waals surface area contributed by atoms with Crippen LogP contribution in [0.3, 0.4) is 0 Å². The molecule has 1 unspecified atom stereocenters. The topological polar surface area (TPSA) is 50.8 Å². The van der Waals surface area contributed by atoms with Crippen molar-refractivity contribution in [1.29, 1.82) is 0 Å². The SMILES string of the molecule is C#CCN(CC(=O)NCc1ccc(OC)c(OC)c1)C1CCc2ccccc21. The van der Waals surface area contributed by atoms with Crippen molar-refractivity contribution < 1.29 is 14.3 Å². The normalized spacial score (nSPS) is 15.0. The highest BCUT2D eigenvalue weighted by molar-refractivity contribution is 5.78. The van der Waals surface area contributed by atoms with Crippen LogP contribution in [0, 0.1) is 12.3 Å². The summed E-state index contributed by atoms with van der Waals surface area (Å²) in [6.07, 6.45) is 7.58. The first kappa shape index (κ1) is 19.8. The van der Waals surface area contributed by atoms with Crippen LogP contribution in [0.5, 0.6) is 11.5 Å². The lowest BCUT2D eigenvalue weighted by Gasteiger charge is -2.27. The highest BCUT2D eigenvalue weighted by Gasteiger charge is 2.28. The second kappa shape index (κ2) is 9.29. The van der Waals surface area contributed by atoms with E-state index in [1.807, 2.05) is 24.3 Å². The zero-order chi connectivity index (χ0) is 19.9. The Morgan fingerprint density at radius 2 is 2.00 bits per heavy atom. The summed E-state index contributed by atoms with van der Waals surface area (Å²) in [4.78, 5) is 14.6. The zero-order valence-corrected chi connectivity index (χ0v) is 16.4. The van der Waals surface area contributed by atoms with Crippen molar-refractivity contribution in [2.24, 2.45) is 0 Å². The molecule has 0 fully saturated rings. The van der Waals surface area contributed by atoms with E-state index in [1.165, 1.54) is 11.1 Å². The Labute approximate surface area is 166 Å². The number of carbonyl (C=O) groups is 1. The fourth-order valence-electron chi connectivity index (χ4n) is 3.74. The minimum Gasteiger partial charge on any atom is -0.493 e. The lowest BCUT2D eigenvalue weighted by molar-refractivity contribution is -0.122. The van der Waals surface area contributed by atoms with Crippen LogP contribution < -0.4 is 14.8 Å². The third-order valence-electron chi connectivity index (χ3n) is 5.12. The van der Waals surface area contributed by atoms with Crippen LogP contribution in [0.4, 0.5) is 0 Å². The number of hydrogen-bond acceptors (Lipinski definition) is 4. The molecule has 2 aromatic carbocycles. The molecule has 1 aliphatic rings. The fourth-order valence-corrected chi connectivity index (χ4v) is 3.74. The second-order valence-corrected chi connectivity index (χ2v) is 6.83. The summed E-state index contributed by atoms with van der Waals surface area (Å²) >= 11 is 0. The number of hydrogen-bond donors (Lipinski definition) is 1. The first-order valence-electron chi connectivity index (χ1n) is 9.39. The first-order valence-corrected chi connectivity index (χ1v) is 9.39. The number of aryl methyl sites for hydroxylation is 1. The maximum absolute atomic E-state index is 12.6. The van der Waals surface area contributed by atoms with Crippen molar-refractivity contribution in [3.8, 4) is 23.8 Å². The van der Waals surface area contributed by atoms with Crippen LogP contribution in [-0.2, 0) is 17.8 Å². The molecule has 3 rings (SSSR count). The van der Waals surface area contributed by atoms with Gasteiger partial charge in [0.1, 0.15) is 0 Å². The highest BCUT2D eigenvalue weighted by Crippen LogP contribution is 2.35. The molecule has 28 heavy (non-hydrogen) atoms. The van der Waals surface area contributed by atoms with E-state index in [0.29, 0.717) is 24.6 Å². The molecule has 0 heterocycles. The second-order valence-electron chi connectivity index (χ2n) is 6.83. The molecular formula is C23H26N2O3. The molecule has 0 bridgehead atoms. The van der Waals surface area contributed by atoms with Gasteiger partial charge in [0, 0.05) is 12.6 Å². The van der Waals surface area contributed by atoms with E-state index in [1.54, 1.807) is 14.2 Å². The maximum Gasteiger partial charge on any atom is 0.234 e. The summed E-state index contributed by atoms with van der Waals surface area (Å²) in [5.74, 6) is 3.96. The number of fused-ring (bicyclic) bond motifs is 1. The minimum absolute atomic E-state index is 0.0468. The largest absolute Gasteiger partial charge is 0.493 e. The van der Waals surface area contributed by atoms with Gasteiger partial charge >= 0.3 is 0 Å². The summed E-state index contributed by atoms with van der Waals surface area (Å²) in [5.41, 5.74) is 3.58. The van der Waals surface area contributed by atoms with E-state index in [9.17, 15) is 4.79 Å². The molecule has 146 valence electrons. The molecule has 0 saturated heterocycles. The number of benzene rings is 2. The molecule has 5 heteroatoms. The summed E-state index contributed by atoms with van der Waals surface area (Å²) in [7, 11) is 3.19. The van der Waals surface area contributed by atoms with Gasteiger partial charge in [-0.25, -0.2) is 0 Å². The number of amides is 1. The number of terminal acetylenes is 1. The molecule has 1 aliphatic carbocycles. The Kier molecular flexibility index (Phi) is 6.57. The molecule has 0 radical (unpaired) electrons. The van der Waals surface area contributed by atoms with Gasteiger partial charge in [-0.3, -0.25) is 9.69 Å². The summed E-state index contributed by atoms with van der Waals surface area (Å²) in [5, 5.41) is 2.98. The van der Waals surface area contributed by atoms with Gasteiger partial charge in [0.05, 0.1) is 27.3 Å². The molecule has 1 amide bonds. The molecule has 1 N–H and O–H groups in total. The Balaban J connectivity index is 1.62. The first-order chi connectivity index (χ1) is 13.7. The Morgan fingerprint density at radius 3 is 2.75 bits per heavy atom. The average Bonchev–Trinajstić information content (AvgIpc) is 3.15. The maximum atomic E-state index is 12.6. The predicted octanol–water partition coefficient (Wildman–Crippen LogP) is 2.94. The van der Waals surface area contributed by atoms with Crippen LogP contribution in [0.2, 0.25) is 0 Å². The summed E-state index contributed by atoms with van der Waals surface area (Å²) in [6, 6.07) is 14.2. The van der Waals surface area contributed by atoms with E-state index >= 15 is 0 Å². The van der Waals surface area contributed by atoms with Crippen molar-refractivity contribution in [2.45, 2.75) is 25.4 Å². The van der Waals surface area contributed by atoms with E-state index in [4.69, 9.17) is 15.9 Å². The molecule has 0 spiro atoms. The van der Waals surface area contributed by atoms with Crippen LogP contribution in [0.25, 0.3) is 0 Å². The lowest BCUT2D eigenvalue weighted by atomic mass is 10.1. The van der Waals surface area contributed by atoms with Crippen molar-refractivity contribution in [3.63, 3.8) is 0 Å². The number of nitrogens with one attached hydrogen (secondary N) is 1. The van der Waals surface area contributed by atoms with Crippen molar-refractivity contribution >= 4 is 5.91 Å². The summed E-state index contributed by atoms with van der Waals surface area (Å²) < 4.78 is 10.6. The number of rotatable bonds is 8. The standard InChI is InChI=1S/C23H26N2O3/c1-4-13-25(20-11-10-18-7-5-6-8-19(18)20)16-23(26)24-15-17-9-12-21(27-2)22(14-17)28-3/h1,5-9,12,14,20H,10-11,13,15-16H2,2-3H3,(H,24,26). The van der Waals surface area contributed by atoms with E-state index in [-0.39, 0.29) is 18.5 Å². The van der Waals surface area contributed by atoms with Gasteiger partial charge < -0.3 is 14.8 Å². The molecule has 1 atom stereocenters. The monoisotopic (exact) mass is 378 g/mol. The van der Waals surface area contributed by atoms with Crippen LogP contribution in [-0.4, -0.2) is 38.1 Å². The number of methoxy groups -OCH3 is 2. The Hall–Kier alpha value is -2.97. The number of ether oxygens (including phenoxy) is 2. The van der Waals surface area contributed by atoms with Crippen molar-refractivity contribution in [3.05, 3.63) is 59.2 Å². The molecule has 2 aromatic rings. The van der Waals surface area contributed by atoms with E-state index in [0.717, 1.165) is 18.4 Å². The van der Waals surface area contributed by atoms with Crippen LogP contribution in [0.1, 0.15) is 29.2 Å². The molecule has 0 aliphatic heterocycles. The summed E-state index contributed by atoms with van der Waals surface area (Å²) in [6.45, 7) is 1.14. The minimum atomic E-state index is -0.0468. The van der Waals surface area contributed by atoms with Crippen molar-refractivity contribution in [1.82, 2.24) is 10.2 Å². The van der Waals surface area contributed by atoms with Gasteiger partial charge in [0.2, 0.25) is 5.91 Å². The van der Waals surface area contributed by atoms with E-state index in [2.05, 4.69) is 34.3 Å². The molecule has 0 aromatic heterocycles. The van der Waals surface area contributed by atoms with Gasteiger partial charge in [0.15, 0.2) is 11.5 Å². The van der Waals surface area contributed by atoms with Gasteiger partial charge in [-0.05, 0) is 41.7 Å². The van der Waals surface area contributed by atoms with Gasteiger partial charge in [-0.2, -0.15) is 0 Å². The van der Waals surface area contributed by atoms with E-state index < -0.39 is 0 Å². The Bertz CT molecular complexity index is 872. The van der Waals surface area contributed by atoms with Gasteiger partial charge in [-0.15, -0.1) is 6.42 Å². The number of nitrogens with zero attached hydrogens (tertiary/aromatic N) is 1. The van der Waals surface area contributed by atoms with Crippen molar-refractivity contribution in [2.75, 3.05) is 27.3 Å². The lowest BCUT2D eigenvalue weighted by Crippen LogP contribution is -2.38. The fraction of sp³-hybridized carbons (Fsp3) is 0.348. The molecule has 0 saturated carbocycles. The third kappa shape index (κ3) is 4.47. The van der Waals surface area contributed by atoms with Crippen LogP contribution in [0.15, 0.2) is 42.5 Å².